The highest BCUT2D eigenvalue weighted by Gasteiger charge is 2.32. The van der Waals surface area contributed by atoms with E-state index in [-0.39, 0.29) is 11.9 Å². The van der Waals surface area contributed by atoms with Crippen molar-refractivity contribution in [2.24, 2.45) is 11.7 Å². The molecular weight excluding hydrogens is 260 g/mol. The molecule has 2 unspecified atom stereocenters. The lowest BCUT2D eigenvalue weighted by Gasteiger charge is -2.29. The standard InChI is InChI=1S/C15H21ClN2O/c1-10-5-3-7-12(14(10)16)15(19)18(2)13-8-4-6-11(13)9-17/h3,5,7,11,13H,4,6,8-9,17H2,1-2H3. The van der Waals surface area contributed by atoms with Crippen molar-refractivity contribution in [3.63, 3.8) is 0 Å². The van der Waals surface area contributed by atoms with Crippen LogP contribution in [0.15, 0.2) is 18.2 Å². The van der Waals surface area contributed by atoms with Gasteiger partial charge < -0.3 is 10.6 Å². The van der Waals surface area contributed by atoms with E-state index in [2.05, 4.69) is 0 Å². The predicted octanol–water partition coefficient (Wildman–Crippen LogP) is 2.85. The lowest BCUT2D eigenvalue weighted by molar-refractivity contribution is 0.0700. The number of hydrogen-bond acceptors (Lipinski definition) is 2. The van der Waals surface area contributed by atoms with Crippen molar-refractivity contribution in [1.29, 1.82) is 0 Å². The monoisotopic (exact) mass is 280 g/mol. The minimum atomic E-state index is -0.000880. The van der Waals surface area contributed by atoms with Gasteiger partial charge in [-0.05, 0) is 43.9 Å². The lowest BCUT2D eigenvalue weighted by Crippen LogP contribution is -2.41. The highest BCUT2D eigenvalue weighted by molar-refractivity contribution is 6.34. The Bertz CT molecular complexity index is 475. The first-order chi connectivity index (χ1) is 9.06. The summed E-state index contributed by atoms with van der Waals surface area (Å²) in [7, 11) is 1.86. The lowest BCUT2D eigenvalue weighted by atomic mass is 10.0. The molecule has 0 bridgehead atoms. The summed E-state index contributed by atoms with van der Waals surface area (Å²) in [4.78, 5) is 14.4. The maximum atomic E-state index is 12.6. The maximum Gasteiger partial charge on any atom is 0.255 e. The van der Waals surface area contributed by atoms with Crippen LogP contribution in [0.25, 0.3) is 0 Å². The molecule has 1 amide bonds. The van der Waals surface area contributed by atoms with Crippen molar-refractivity contribution < 1.29 is 4.79 Å². The molecule has 0 heterocycles. The molecule has 1 aliphatic rings. The topological polar surface area (TPSA) is 46.3 Å². The number of carbonyl (C=O) groups excluding carboxylic acids is 1. The number of nitrogens with two attached hydrogens (primary N) is 1. The molecule has 1 aromatic rings. The van der Waals surface area contributed by atoms with Gasteiger partial charge in [-0.1, -0.05) is 30.2 Å². The van der Waals surface area contributed by atoms with Gasteiger partial charge in [0, 0.05) is 13.1 Å². The van der Waals surface area contributed by atoms with Crippen LogP contribution in [-0.4, -0.2) is 30.4 Å². The van der Waals surface area contributed by atoms with Gasteiger partial charge in [-0.15, -0.1) is 0 Å². The average molecular weight is 281 g/mol. The predicted molar refractivity (Wildman–Crippen MR) is 78.5 cm³/mol. The Balaban J connectivity index is 2.21. The molecular formula is C15H21ClN2O. The summed E-state index contributed by atoms with van der Waals surface area (Å²) in [6.45, 7) is 2.56. The van der Waals surface area contributed by atoms with E-state index in [0.29, 0.717) is 23.0 Å². The van der Waals surface area contributed by atoms with Gasteiger partial charge in [-0.25, -0.2) is 0 Å². The Hall–Kier alpha value is -1.06. The molecule has 2 atom stereocenters. The number of carbonyl (C=O) groups is 1. The summed E-state index contributed by atoms with van der Waals surface area (Å²) in [6, 6.07) is 5.82. The summed E-state index contributed by atoms with van der Waals surface area (Å²) in [5, 5.41) is 0.557. The van der Waals surface area contributed by atoms with Gasteiger partial charge in [0.25, 0.3) is 5.91 Å². The minimum absolute atomic E-state index is 0.000880. The van der Waals surface area contributed by atoms with Crippen molar-refractivity contribution in [3.05, 3.63) is 34.3 Å². The Morgan fingerprint density at radius 3 is 2.89 bits per heavy atom. The Labute approximate surface area is 119 Å². The summed E-state index contributed by atoms with van der Waals surface area (Å²) in [5.41, 5.74) is 7.31. The molecule has 0 saturated heterocycles. The van der Waals surface area contributed by atoms with Crippen LogP contribution in [0.4, 0.5) is 0 Å². The van der Waals surface area contributed by atoms with Crippen LogP contribution < -0.4 is 5.73 Å². The summed E-state index contributed by atoms with van der Waals surface area (Å²) < 4.78 is 0. The van der Waals surface area contributed by atoms with Crippen LogP contribution in [0.5, 0.6) is 0 Å². The second kappa shape index (κ2) is 5.93. The highest BCUT2D eigenvalue weighted by Crippen LogP contribution is 2.30. The third kappa shape index (κ3) is 2.77. The number of halogens is 1. The Kier molecular flexibility index (Phi) is 4.48. The number of aryl methyl sites for hydroxylation is 1. The first kappa shape index (κ1) is 14.4. The molecule has 2 rings (SSSR count). The van der Waals surface area contributed by atoms with Crippen molar-refractivity contribution in [1.82, 2.24) is 4.90 Å². The zero-order valence-corrected chi connectivity index (χ0v) is 12.3. The fourth-order valence-corrected chi connectivity index (χ4v) is 3.16. The third-order valence-electron chi connectivity index (χ3n) is 4.16. The minimum Gasteiger partial charge on any atom is -0.338 e. The molecule has 0 spiro atoms. The van der Waals surface area contributed by atoms with Crippen LogP contribution in [-0.2, 0) is 0 Å². The number of amides is 1. The molecule has 1 saturated carbocycles. The van der Waals surface area contributed by atoms with Crippen LogP contribution in [0.2, 0.25) is 5.02 Å². The van der Waals surface area contributed by atoms with E-state index in [1.165, 1.54) is 0 Å². The number of rotatable bonds is 3. The maximum absolute atomic E-state index is 12.6. The molecule has 2 N–H and O–H groups in total. The zero-order valence-electron chi connectivity index (χ0n) is 11.5. The van der Waals surface area contributed by atoms with Gasteiger partial charge in [-0.2, -0.15) is 0 Å². The number of hydrogen-bond donors (Lipinski definition) is 1. The van der Waals surface area contributed by atoms with Gasteiger partial charge in [0.1, 0.15) is 0 Å². The third-order valence-corrected chi connectivity index (χ3v) is 4.66. The van der Waals surface area contributed by atoms with Crippen molar-refractivity contribution in [2.45, 2.75) is 32.2 Å². The van der Waals surface area contributed by atoms with E-state index in [9.17, 15) is 4.79 Å². The fraction of sp³-hybridized carbons (Fsp3) is 0.533. The molecule has 0 aliphatic heterocycles. The van der Waals surface area contributed by atoms with Crippen LogP contribution in [0.3, 0.4) is 0 Å². The molecule has 1 aromatic carbocycles. The van der Waals surface area contributed by atoms with Gasteiger partial charge in [-0.3, -0.25) is 4.79 Å². The van der Waals surface area contributed by atoms with Crippen LogP contribution in [0.1, 0.15) is 35.2 Å². The molecule has 1 aliphatic carbocycles. The van der Waals surface area contributed by atoms with E-state index in [1.807, 2.05) is 31.0 Å². The molecule has 0 aromatic heterocycles. The van der Waals surface area contributed by atoms with Crippen LogP contribution in [0, 0.1) is 12.8 Å². The average Bonchev–Trinajstić information content (AvgIpc) is 2.88. The van der Waals surface area contributed by atoms with E-state index in [4.69, 9.17) is 17.3 Å². The van der Waals surface area contributed by atoms with Crippen LogP contribution >= 0.6 is 11.6 Å². The van der Waals surface area contributed by atoms with E-state index in [0.717, 1.165) is 24.8 Å². The summed E-state index contributed by atoms with van der Waals surface area (Å²) in [5.74, 6) is 0.414. The first-order valence-corrected chi connectivity index (χ1v) is 7.16. The normalized spacial score (nSPS) is 22.5. The molecule has 0 radical (unpaired) electrons. The Morgan fingerprint density at radius 1 is 1.47 bits per heavy atom. The molecule has 1 fully saturated rings. The van der Waals surface area contributed by atoms with E-state index < -0.39 is 0 Å². The zero-order chi connectivity index (χ0) is 14.0. The highest BCUT2D eigenvalue weighted by atomic mass is 35.5. The second-order valence-electron chi connectivity index (χ2n) is 5.35. The van der Waals surface area contributed by atoms with Gasteiger partial charge >= 0.3 is 0 Å². The number of nitrogens with zero attached hydrogens (tertiary/aromatic N) is 1. The van der Waals surface area contributed by atoms with Crippen molar-refractivity contribution in [3.8, 4) is 0 Å². The van der Waals surface area contributed by atoms with Crippen molar-refractivity contribution in [2.75, 3.05) is 13.6 Å². The molecule has 19 heavy (non-hydrogen) atoms. The second-order valence-corrected chi connectivity index (χ2v) is 5.72. The summed E-state index contributed by atoms with van der Waals surface area (Å²) >= 11 is 6.24. The first-order valence-electron chi connectivity index (χ1n) is 6.78. The molecule has 4 heteroatoms. The fourth-order valence-electron chi connectivity index (χ4n) is 2.96. The SMILES string of the molecule is Cc1cccc(C(=O)N(C)C2CCCC2CN)c1Cl. The van der Waals surface area contributed by atoms with Gasteiger partial charge in [0.05, 0.1) is 10.6 Å². The van der Waals surface area contributed by atoms with Gasteiger partial charge in [0.2, 0.25) is 0 Å². The van der Waals surface area contributed by atoms with E-state index in [1.54, 1.807) is 6.07 Å². The van der Waals surface area contributed by atoms with Crippen molar-refractivity contribution >= 4 is 17.5 Å². The largest absolute Gasteiger partial charge is 0.338 e. The number of benzene rings is 1. The van der Waals surface area contributed by atoms with Gasteiger partial charge in [0.15, 0.2) is 0 Å². The smallest absolute Gasteiger partial charge is 0.255 e. The quantitative estimate of drug-likeness (QED) is 0.925. The summed E-state index contributed by atoms with van der Waals surface area (Å²) in [6.07, 6.45) is 3.29. The molecule has 3 nitrogen and oxygen atoms in total. The van der Waals surface area contributed by atoms with E-state index >= 15 is 0 Å². The Morgan fingerprint density at radius 2 is 2.21 bits per heavy atom. The molecule has 104 valence electrons.